The second-order valence-electron chi connectivity index (χ2n) is 6.82. The maximum Gasteiger partial charge on any atom is 0.236 e. The van der Waals surface area contributed by atoms with Gasteiger partial charge < -0.3 is 10.0 Å². The van der Waals surface area contributed by atoms with Crippen molar-refractivity contribution in [1.82, 2.24) is 9.80 Å². The Labute approximate surface area is 149 Å². The Balaban J connectivity index is 1.52. The SMILES string of the molecule is CCC(Sc1ccccc1)C(=O)N1CCC(N2CCC(O)C2)CC1. The molecule has 2 saturated heterocycles. The molecule has 0 spiro atoms. The van der Waals surface area contributed by atoms with E-state index in [2.05, 4.69) is 24.0 Å². The molecule has 24 heavy (non-hydrogen) atoms. The van der Waals surface area contributed by atoms with Crippen molar-refractivity contribution in [1.29, 1.82) is 0 Å². The van der Waals surface area contributed by atoms with Gasteiger partial charge in [0.25, 0.3) is 0 Å². The van der Waals surface area contributed by atoms with E-state index >= 15 is 0 Å². The van der Waals surface area contributed by atoms with Crippen LogP contribution in [0.1, 0.15) is 32.6 Å². The Morgan fingerprint density at radius 3 is 2.50 bits per heavy atom. The van der Waals surface area contributed by atoms with Crippen molar-refractivity contribution >= 4 is 17.7 Å². The van der Waals surface area contributed by atoms with Crippen molar-refractivity contribution in [3.63, 3.8) is 0 Å². The van der Waals surface area contributed by atoms with E-state index in [0.717, 1.165) is 51.9 Å². The van der Waals surface area contributed by atoms with Gasteiger partial charge in [-0.05, 0) is 37.8 Å². The van der Waals surface area contributed by atoms with Crippen molar-refractivity contribution < 1.29 is 9.90 Å². The molecule has 0 aromatic heterocycles. The first kappa shape index (κ1) is 17.8. The average Bonchev–Trinajstić information content (AvgIpc) is 3.06. The predicted molar refractivity (Wildman–Crippen MR) is 98.2 cm³/mol. The summed E-state index contributed by atoms with van der Waals surface area (Å²) in [5, 5.41) is 9.72. The Hall–Kier alpha value is -1.04. The van der Waals surface area contributed by atoms with Gasteiger partial charge in [0.05, 0.1) is 11.4 Å². The van der Waals surface area contributed by atoms with Crippen LogP contribution in [0.25, 0.3) is 0 Å². The van der Waals surface area contributed by atoms with Crippen LogP contribution in [-0.2, 0) is 4.79 Å². The van der Waals surface area contributed by atoms with Crippen molar-refractivity contribution in [3.8, 4) is 0 Å². The number of hydrogen-bond acceptors (Lipinski definition) is 4. The Kier molecular flexibility index (Phi) is 6.19. The number of carbonyl (C=O) groups excluding carboxylic acids is 1. The highest BCUT2D eigenvalue weighted by Crippen LogP contribution is 2.28. The first-order chi connectivity index (χ1) is 11.7. The number of β-amino-alcohol motifs (C(OH)–C–C–N with tert-alkyl or cyclic N) is 1. The minimum Gasteiger partial charge on any atom is -0.392 e. The van der Waals surface area contributed by atoms with Crippen LogP contribution in [0.2, 0.25) is 0 Å². The number of carbonyl (C=O) groups is 1. The van der Waals surface area contributed by atoms with E-state index in [4.69, 9.17) is 0 Å². The average molecular weight is 349 g/mol. The number of hydrogen-bond donors (Lipinski definition) is 1. The maximum absolute atomic E-state index is 12.9. The van der Waals surface area contributed by atoms with E-state index in [0.29, 0.717) is 6.04 Å². The van der Waals surface area contributed by atoms with Gasteiger partial charge in [-0.15, -0.1) is 11.8 Å². The van der Waals surface area contributed by atoms with Gasteiger partial charge in [0.2, 0.25) is 5.91 Å². The molecule has 3 rings (SSSR count). The molecule has 0 aliphatic carbocycles. The molecule has 5 heteroatoms. The molecular formula is C19H28N2O2S. The number of aliphatic hydroxyl groups excluding tert-OH is 1. The van der Waals surface area contributed by atoms with E-state index in [1.54, 1.807) is 11.8 Å². The van der Waals surface area contributed by atoms with Crippen molar-refractivity contribution in [2.45, 2.75) is 54.9 Å². The second-order valence-corrected chi connectivity index (χ2v) is 8.10. The van der Waals surface area contributed by atoms with Crippen LogP contribution in [-0.4, -0.2) is 64.4 Å². The number of piperidine rings is 1. The summed E-state index contributed by atoms with van der Waals surface area (Å²) in [6.07, 6.45) is 3.66. The summed E-state index contributed by atoms with van der Waals surface area (Å²) in [4.78, 5) is 18.5. The quantitative estimate of drug-likeness (QED) is 0.831. The fourth-order valence-corrected chi connectivity index (χ4v) is 4.79. The molecule has 132 valence electrons. The lowest BCUT2D eigenvalue weighted by Crippen LogP contribution is -2.48. The number of benzene rings is 1. The first-order valence-corrected chi connectivity index (χ1v) is 9.98. The van der Waals surface area contributed by atoms with E-state index in [9.17, 15) is 9.90 Å². The van der Waals surface area contributed by atoms with Crippen LogP contribution < -0.4 is 0 Å². The lowest BCUT2D eigenvalue weighted by Gasteiger charge is -2.37. The molecule has 0 saturated carbocycles. The molecule has 2 heterocycles. The molecule has 2 unspecified atom stereocenters. The summed E-state index contributed by atoms with van der Waals surface area (Å²) >= 11 is 1.68. The number of likely N-dealkylation sites (tertiary alicyclic amines) is 2. The summed E-state index contributed by atoms with van der Waals surface area (Å²) in [7, 11) is 0. The zero-order valence-corrected chi connectivity index (χ0v) is 15.3. The molecule has 2 fully saturated rings. The summed E-state index contributed by atoms with van der Waals surface area (Å²) in [6, 6.07) is 10.7. The zero-order chi connectivity index (χ0) is 16.9. The van der Waals surface area contributed by atoms with Crippen LogP contribution in [0.4, 0.5) is 0 Å². The van der Waals surface area contributed by atoms with E-state index in [1.165, 1.54) is 4.90 Å². The molecular weight excluding hydrogens is 320 g/mol. The molecule has 0 radical (unpaired) electrons. The lowest BCUT2D eigenvalue weighted by molar-refractivity contribution is -0.132. The van der Waals surface area contributed by atoms with Gasteiger partial charge in [-0.25, -0.2) is 0 Å². The molecule has 2 aliphatic heterocycles. The molecule has 0 bridgehead atoms. The van der Waals surface area contributed by atoms with E-state index in [1.807, 2.05) is 23.1 Å². The van der Waals surface area contributed by atoms with Gasteiger partial charge in [-0.2, -0.15) is 0 Å². The van der Waals surface area contributed by atoms with Crippen molar-refractivity contribution in [2.75, 3.05) is 26.2 Å². The van der Waals surface area contributed by atoms with Gasteiger partial charge >= 0.3 is 0 Å². The number of nitrogens with zero attached hydrogens (tertiary/aromatic N) is 2. The molecule has 2 aliphatic rings. The molecule has 1 aromatic rings. The van der Waals surface area contributed by atoms with Crippen LogP contribution in [0.5, 0.6) is 0 Å². The van der Waals surface area contributed by atoms with E-state index in [-0.39, 0.29) is 17.3 Å². The highest BCUT2D eigenvalue weighted by atomic mass is 32.2. The van der Waals surface area contributed by atoms with E-state index < -0.39 is 0 Å². The summed E-state index contributed by atoms with van der Waals surface area (Å²) < 4.78 is 0. The smallest absolute Gasteiger partial charge is 0.236 e. The Morgan fingerprint density at radius 2 is 1.92 bits per heavy atom. The molecule has 1 N–H and O–H groups in total. The number of amides is 1. The molecule has 1 aromatic carbocycles. The summed E-state index contributed by atoms with van der Waals surface area (Å²) in [5.41, 5.74) is 0. The summed E-state index contributed by atoms with van der Waals surface area (Å²) in [6.45, 7) is 5.60. The molecule has 1 amide bonds. The van der Waals surface area contributed by atoms with Gasteiger partial charge in [0, 0.05) is 37.1 Å². The predicted octanol–water partition coefficient (Wildman–Crippen LogP) is 2.61. The third-order valence-corrected chi connectivity index (χ3v) is 6.52. The lowest BCUT2D eigenvalue weighted by atomic mass is 10.0. The van der Waals surface area contributed by atoms with Crippen molar-refractivity contribution in [2.24, 2.45) is 0 Å². The maximum atomic E-state index is 12.9. The minimum absolute atomic E-state index is 0.0116. The largest absolute Gasteiger partial charge is 0.392 e. The highest BCUT2D eigenvalue weighted by Gasteiger charge is 2.32. The third-order valence-electron chi connectivity index (χ3n) is 5.16. The van der Waals surface area contributed by atoms with Crippen molar-refractivity contribution in [3.05, 3.63) is 30.3 Å². The van der Waals surface area contributed by atoms with Gasteiger partial charge in [-0.1, -0.05) is 25.1 Å². The van der Waals surface area contributed by atoms with Crippen LogP contribution >= 0.6 is 11.8 Å². The fraction of sp³-hybridized carbons (Fsp3) is 0.632. The number of thioether (sulfide) groups is 1. The topological polar surface area (TPSA) is 43.8 Å². The fourth-order valence-electron chi connectivity index (χ4n) is 3.73. The number of rotatable bonds is 5. The normalized spacial score (nSPS) is 24.2. The van der Waals surface area contributed by atoms with Crippen LogP contribution in [0, 0.1) is 0 Å². The Bertz CT molecular complexity index is 531. The van der Waals surface area contributed by atoms with Gasteiger partial charge in [0.15, 0.2) is 0 Å². The highest BCUT2D eigenvalue weighted by molar-refractivity contribution is 8.00. The standard InChI is InChI=1S/C19H28N2O2S/c1-2-18(24-17-6-4-3-5-7-17)19(23)20-11-8-15(9-12-20)21-13-10-16(22)14-21/h3-7,15-16,18,22H,2,8-14H2,1H3. The molecule has 4 nitrogen and oxygen atoms in total. The second kappa shape index (κ2) is 8.37. The minimum atomic E-state index is -0.156. The Morgan fingerprint density at radius 1 is 1.21 bits per heavy atom. The molecule has 2 atom stereocenters. The van der Waals surface area contributed by atoms with Gasteiger partial charge in [0.1, 0.15) is 0 Å². The third kappa shape index (κ3) is 4.32. The van der Waals surface area contributed by atoms with Crippen LogP contribution in [0.3, 0.4) is 0 Å². The number of aliphatic hydroxyl groups is 1. The first-order valence-electron chi connectivity index (χ1n) is 9.10. The summed E-state index contributed by atoms with van der Waals surface area (Å²) in [5.74, 6) is 0.284. The van der Waals surface area contributed by atoms with Crippen LogP contribution in [0.15, 0.2) is 35.2 Å². The monoisotopic (exact) mass is 348 g/mol. The zero-order valence-electron chi connectivity index (χ0n) is 14.4. The van der Waals surface area contributed by atoms with Gasteiger partial charge in [-0.3, -0.25) is 9.69 Å².